The van der Waals surface area contributed by atoms with Crippen molar-refractivity contribution < 1.29 is 0 Å². The largest absolute Gasteiger partial charge is 0.378 e. The highest BCUT2D eigenvalue weighted by Gasteiger charge is 2.07. The van der Waals surface area contributed by atoms with Gasteiger partial charge >= 0.3 is 0 Å². The Bertz CT molecular complexity index is 543. The first-order valence-electron chi connectivity index (χ1n) is 5.19. The van der Waals surface area contributed by atoms with Crippen LogP contribution in [0.4, 0.5) is 5.69 Å². The average molecular weight is 307 g/mol. The van der Waals surface area contributed by atoms with Crippen molar-refractivity contribution >= 4 is 33.0 Å². The van der Waals surface area contributed by atoms with Crippen LogP contribution in [0.3, 0.4) is 0 Å². The van der Waals surface area contributed by atoms with Gasteiger partial charge in [-0.15, -0.1) is 11.3 Å². The number of benzene rings is 1. The minimum Gasteiger partial charge on any atom is -0.378 e. The van der Waals surface area contributed by atoms with Gasteiger partial charge in [-0.2, -0.15) is 5.26 Å². The van der Waals surface area contributed by atoms with Gasteiger partial charge in [-0.05, 0) is 36.6 Å². The maximum absolute atomic E-state index is 8.91. The van der Waals surface area contributed by atoms with Crippen LogP contribution < -0.4 is 5.32 Å². The highest BCUT2D eigenvalue weighted by molar-refractivity contribution is 9.10. The van der Waals surface area contributed by atoms with E-state index in [1.807, 2.05) is 18.2 Å². The van der Waals surface area contributed by atoms with Gasteiger partial charge in [0.25, 0.3) is 0 Å². The van der Waals surface area contributed by atoms with E-state index in [0.29, 0.717) is 5.56 Å². The summed E-state index contributed by atoms with van der Waals surface area (Å²) in [6.07, 6.45) is 0. The van der Waals surface area contributed by atoms with Gasteiger partial charge in [-0.1, -0.05) is 22.0 Å². The second-order valence-electron chi connectivity index (χ2n) is 3.72. The summed E-state index contributed by atoms with van der Waals surface area (Å²) in [5.74, 6) is 0. The Morgan fingerprint density at radius 1 is 1.41 bits per heavy atom. The Hall–Kier alpha value is -1.31. The van der Waals surface area contributed by atoms with Crippen LogP contribution >= 0.6 is 27.3 Å². The Morgan fingerprint density at radius 2 is 2.24 bits per heavy atom. The number of hydrogen-bond acceptors (Lipinski definition) is 3. The van der Waals surface area contributed by atoms with Gasteiger partial charge in [0, 0.05) is 15.0 Å². The smallest absolute Gasteiger partial charge is 0.0992 e. The molecule has 86 valence electrons. The number of nitrogens with zero attached hydrogens (tertiary/aromatic N) is 1. The molecule has 0 amide bonds. The fraction of sp³-hybridized carbons (Fsp3) is 0.154. The van der Waals surface area contributed by atoms with Crippen LogP contribution in [0.2, 0.25) is 0 Å². The molecule has 0 saturated carbocycles. The highest BCUT2D eigenvalue weighted by Crippen LogP contribution is 2.25. The molecule has 2 rings (SSSR count). The Labute approximate surface area is 113 Å². The van der Waals surface area contributed by atoms with Gasteiger partial charge in [-0.3, -0.25) is 0 Å². The summed E-state index contributed by atoms with van der Waals surface area (Å²) >= 11 is 5.13. The summed E-state index contributed by atoms with van der Waals surface area (Å²) in [4.78, 5) is 1.28. The van der Waals surface area contributed by atoms with Crippen molar-refractivity contribution in [2.45, 2.75) is 13.0 Å². The van der Waals surface area contributed by atoms with Crippen molar-refractivity contribution in [3.63, 3.8) is 0 Å². The fourth-order valence-electron chi connectivity index (χ4n) is 1.60. The number of thiophene rings is 1. The molecule has 0 aliphatic carbocycles. The zero-order chi connectivity index (χ0) is 12.3. The number of halogens is 1. The first-order chi connectivity index (χ1) is 8.19. The van der Waals surface area contributed by atoms with Crippen LogP contribution in [0, 0.1) is 11.3 Å². The Morgan fingerprint density at radius 3 is 2.88 bits per heavy atom. The van der Waals surface area contributed by atoms with E-state index >= 15 is 0 Å². The van der Waals surface area contributed by atoms with Gasteiger partial charge < -0.3 is 5.32 Å². The number of hydrogen-bond donors (Lipinski definition) is 1. The second-order valence-corrected chi connectivity index (χ2v) is 5.62. The molecule has 2 nitrogen and oxygen atoms in total. The molecule has 0 radical (unpaired) electrons. The predicted octanol–water partition coefficient (Wildman–Crippen LogP) is 4.56. The Kier molecular flexibility index (Phi) is 3.82. The molecule has 1 heterocycles. The first kappa shape index (κ1) is 12.2. The molecule has 4 heteroatoms. The van der Waals surface area contributed by atoms with E-state index in [9.17, 15) is 0 Å². The van der Waals surface area contributed by atoms with Crippen LogP contribution in [0.15, 0.2) is 40.2 Å². The lowest BCUT2D eigenvalue weighted by atomic mass is 10.2. The zero-order valence-corrected chi connectivity index (χ0v) is 11.7. The third-order valence-electron chi connectivity index (χ3n) is 2.38. The van der Waals surface area contributed by atoms with Crippen LogP contribution in [0.25, 0.3) is 0 Å². The predicted molar refractivity (Wildman–Crippen MR) is 75.2 cm³/mol. The molecular formula is C13H11BrN2S. The summed E-state index contributed by atoms with van der Waals surface area (Å²) in [6.45, 7) is 2.11. The minimum absolute atomic E-state index is 0.246. The van der Waals surface area contributed by atoms with Crippen LogP contribution in [0.5, 0.6) is 0 Å². The molecule has 1 unspecified atom stereocenters. The SMILES string of the molecule is CC(Nc1cc(Br)cc(C#N)c1)c1cccs1. The summed E-state index contributed by atoms with van der Waals surface area (Å²) in [6, 6.07) is 12.2. The number of anilines is 1. The van der Waals surface area contributed by atoms with Crippen molar-refractivity contribution in [1.29, 1.82) is 5.26 Å². The molecule has 0 fully saturated rings. The first-order valence-corrected chi connectivity index (χ1v) is 6.87. The highest BCUT2D eigenvalue weighted by atomic mass is 79.9. The molecule has 2 aromatic rings. The van der Waals surface area contributed by atoms with Gasteiger partial charge in [-0.25, -0.2) is 0 Å². The van der Waals surface area contributed by atoms with Crippen molar-refractivity contribution in [1.82, 2.24) is 0 Å². The van der Waals surface area contributed by atoms with Crippen molar-refractivity contribution in [2.75, 3.05) is 5.32 Å². The quantitative estimate of drug-likeness (QED) is 0.902. The maximum Gasteiger partial charge on any atom is 0.0992 e. The van der Waals surface area contributed by atoms with Crippen molar-refractivity contribution in [3.8, 4) is 6.07 Å². The van der Waals surface area contributed by atoms with Gasteiger partial charge in [0.1, 0.15) is 0 Å². The molecule has 1 aromatic carbocycles. The van der Waals surface area contributed by atoms with E-state index in [4.69, 9.17) is 5.26 Å². The molecular weight excluding hydrogens is 296 g/mol. The molecule has 0 bridgehead atoms. The maximum atomic E-state index is 8.91. The molecule has 1 N–H and O–H groups in total. The van der Waals surface area contributed by atoms with E-state index in [-0.39, 0.29) is 6.04 Å². The van der Waals surface area contributed by atoms with Crippen LogP contribution in [0.1, 0.15) is 23.4 Å². The van der Waals surface area contributed by atoms with E-state index in [0.717, 1.165) is 10.2 Å². The number of nitrogens with one attached hydrogen (secondary N) is 1. The molecule has 1 atom stereocenters. The van der Waals surface area contributed by atoms with Crippen LogP contribution in [-0.2, 0) is 0 Å². The summed E-state index contributed by atoms with van der Waals surface area (Å²) < 4.78 is 0.914. The molecule has 0 aliphatic rings. The van der Waals surface area contributed by atoms with E-state index in [1.165, 1.54) is 4.88 Å². The second kappa shape index (κ2) is 5.35. The third-order valence-corrected chi connectivity index (χ3v) is 3.89. The van der Waals surface area contributed by atoms with Crippen molar-refractivity contribution in [3.05, 3.63) is 50.6 Å². The number of nitriles is 1. The molecule has 0 spiro atoms. The molecule has 0 saturated heterocycles. The normalized spacial score (nSPS) is 11.8. The van der Waals surface area contributed by atoms with Gasteiger partial charge in [0.15, 0.2) is 0 Å². The van der Waals surface area contributed by atoms with Crippen molar-refractivity contribution in [2.24, 2.45) is 0 Å². The lowest BCUT2D eigenvalue weighted by Crippen LogP contribution is -2.04. The van der Waals surface area contributed by atoms with Gasteiger partial charge in [0.2, 0.25) is 0 Å². The van der Waals surface area contributed by atoms with E-state index in [1.54, 1.807) is 17.4 Å². The molecule has 17 heavy (non-hydrogen) atoms. The summed E-state index contributed by atoms with van der Waals surface area (Å²) in [5.41, 5.74) is 1.61. The lowest BCUT2D eigenvalue weighted by molar-refractivity contribution is 0.908. The average Bonchev–Trinajstić information content (AvgIpc) is 2.81. The molecule has 1 aromatic heterocycles. The van der Waals surface area contributed by atoms with Gasteiger partial charge in [0.05, 0.1) is 17.7 Å². The topological polar surface area (TPSA) is 35.8 Å². The summed E-state index contributed by atoms with van der Waals surface area (Å²) in [7, 11) is 0. The van der Waals surface area contributed by atoms with E-state index in [2.05, 4.69) is 45.7 Å². The lowest BCUT2D eigenvalue weighted by Gasteiger charge is -2.14. The van der Waals surface area contributed by atoms with Crippen LogP contribution in [-0.4, -0.2) is 0 Å². The monoisotopic (exact) mass is 306 g/mol. The number of rotatable bonds is 3. The standard InChI is InChI=1S/C13H11BrN2S/c1-9(13-3-2-4-17-13)16-12-6-10(8-15)5-11(14)7-12/h2-7,9,16H,1H3. The van der Waals surface area contributed by atoms with E-state index < -0.39 is 0 Å². The zero-order valence-electron chi connectivity index (χ0n) is 9.27. The minimum atomic E-state index is 0.246. The third kappa shape index (κ3) is 3.09. The fourth-order valence-corrected chi connectivity index (χ4v) is 2.82. The summed E-state index contributed by atoms with van der Waals surface area (Å²) in [5, 5.41) is 14.4. The molecule has 0 aliphatic heterocycles. The Balaban J connectivity index is 2.19.